The van der Waals surface area contributed by atoms with E-state index in [2.05, 4.69) is 16.9 Å². The van der Waals surface area contributed by atoms with E-state index in [-0.39, 0.29) is 5.91 Å². The summed E-state index contributed by atoms with van der Waals surface area (Å²) in [7, 11) is 1.94. The Balaban J connectivity index is 1.71. The third kappa shape index (κ3) is 3.50. The third-order valence-electron chi connectivity index (χ3n) is 4.42. The van der Waals surface area contributed by atoms with E-state index in [4.69, 9.17) is 0 Å². The van der Waals surface area contributed by atoms with Crippen LogP contribution in [0.15, 0.2) is 42.7 Å². The largest absolute Gasteiger partial charge is 0.337 e. The molecule has 1 aliphatic rings. The fourth-order valence-electron chi connectivity index (χ4n) is 2.76. The van der Waals surface area contributed by atoms with Crippen LogP contribution in [0.3, 0.4) is 0 Å². The maximum absolute atomic E-state index is 12.5. The van der Waals surface area contributed by atoms with E-state index in [1.165, 1.54) is 0 Å². The number of rotatable bonds is 3. The standard InChI is InChI=1S/C18H22N4O/c1-14-8-10-22(11-9-14)18(23)16-12-20-17(13-19-16)21(2)15-6-4-3-5-7-15/h3-7,12-14H,8-11H2,1-2H3. The van der Waals surface area contributed by atoms with Crippen molar-refractivity contribution >= 4 is 17.4 Å². The monoisotopic (exact) mass is 310 g/mol. The number of nitrogens with zero attached hydrogens (tertiary/aromatic N) is 4. The van der Waals surface area contributed by atoms with Gasteiger partial charge < -0.3 is 9.80 Å². The van der Waals surface area contributed by atoms with E-state index in [0.717, 1.165) is 37.4 Å². The summed E-state index contributed by atoms with van der Waals surface area (Å²) in [5, 5.41) is 0. The van der Waals surface area contributed by atoms with E-state index in [0.29, 0.717) is 11.6 Å². The highest BCUT2D eigenvalue weighted by Crippen LogP contribution is 2.21. The van der Waals surface area contributed by atoms with E-state index >= 15 is 0 Å². The Morgan fingerprint density at radius 2 is 1.83 bits per heavy atom. The Hall–Kier alpha value is -2.43. The number of carbonyl (C=O) groups excluding carboxylic acids is 1. The van der Waals surface area contributed by atoms with E-state index in [9.17, 15) is 4.79 Å². The molecule has 0 aliphatic carbocycles. The van der Waals surface area contributed by atoms with Crippen LogP contribution in [-0.4, -0.2) is 40.9 Å². The van der Waals surface area contributed by atoms with Gasteiger partial charge >= 0.3 is 0 Å². The highest BCUT2D eigenvalue weighted by atomic mass is 16.2. The highest BCUT2D eigenvalue weighted by molar-refractivity contribution is 5.92. The number of aromatic nitrogens is 2. The van der Waals surface area contributed by atoms with Gasteiger partial charge in [-0.1, -0.05) is 25.1 Å². The summed E-state index contributed by atoms with van der Waals surface area (Å²) in [6.07, 6.45) is 5.37. The predicted octanol–water partition coefficient (Wildman–Crippen LogP) is 3.12. The van der Waals surface area contributed by atoms with Gasteiger partial charge in [0.25, 0.3) is 5.91 Å². The second kappa shape index (κ2) is 6.77. The van der Waals surface area contributed by atoms with Gasteiger partial charge in [0.05, 0.1) is 12.4 Å². The average Bonchev–Trinajstić information content (AvgIpc) is 2.62. The second-order valence-electron chi connectivity index (χ2n) is 6.13. The van der Waals surface area contributed by atoms with Crippen molar-refractivity contribution in [2.75, 3.05) is 25.0 Å². The maximum Gasteiger partial charge on any atom is 0.274 e. The molecule has 3 rings (SSSR count). The van der Waals surface area contributed by atoms with E-state index in [1.807, 2.05) is 47.2 Å². The van der Waals surface area contributed by atoms with Crippen LogP contribution < -0.4 is 4.90 Å². The molecule has 0 spiro atoms. The van der Waals surface area contributed by atoms with Crippen molar-refractivity contribution in [3.8, 4) is 0 Å². The SMILES string of the molecule is CC1CCN(C(=O)c2cnc(N(C)c3ccccc3)cn2)CC1. The summed E-state index contributed by atoms with van der Waals surface area (Å²) < 4.78 is 0. The van der Waals surface area contributed by atoms with Crippen molar-refractivity contribution in [3.05, 3.63) is 48.4 Å². The van der Waals surface area contributed by atoms with E-state index in [1.54, 1.807) is 12.4 Å². The van der Waals surface area contributed by atoms with Crippen molar-refractivity contribution in [2.24, 2.45) is 5.92 Å². The maximum atomic E-state index is 12.5. The molecule has 2 aromatic rings. The zero-order valence-electron chi connectivity index (χ0n) is 13.6. The van der Waals surface area contributed by atoms with Gasteiger partial charge in [-0.15, -0.1) is 0 Å². The number of hydrogen-bond acceptors (Lipinski definition) is 4. The van der Waals surface area contributed by atoms with Gasteiger partial charge in [-0.25, -0.2) is 9.97 Å². The first-order valence-corrected chi connectivity index (χ1v) is 8.05. The van der Waals surface area contributed by atoms with Crippen LogP contribution in [0.4, 0.5) is 11.5 Å². The molecule has 0 unspecified atom stereocenters. The minimum atomic E-state index is -0.0154. The zero-order valence-corrected chi connectivity index (χ0v) is 13.6. The lowest BCUT2D eigenvalue weighted by molar-refractivity contribution is 0.0691. The molecule has 0 saturated carbocycles. The summed E-state index contributed by atoms with van der Waals surface area (Å²) in [5.41, 5.74) is 1.45. The normalized spacial score (nSPS) is 15.5. The number of amides is 1. The quantitative estimate of drug-likeness (QED) is 0.874. The topological polar surface area (TPSA) is 49.3 Å². The molecule has 0 radical (unpaired) electrons. The van der Waals surface area contributed by atoms with Gasteiger partial charge in [-0.3, -0.25) is 4.79 Å². The van der Waals surface area contributed by atoms with Crippen LogP contribution in [0, 0.1) is 5.92 Å². The van der Waals surface area contributed by atoms with Gasteiger partial charge in [0.1, 0.15) is 5.69 Å². The lowest BCUT2D eigenvalue weighted by Gasteiger charge is -2.30. The lowest BCUT2D eigenvalue weighted by atomic mass is 9.99. The Morgan fingerprint density at radius 1 is 1.13 bits per heavy atom. The lowest BCUT2D eigenvalue weighted by Crippen LogP contribution is -2.38. The van der Waals surface area contributed by atoms with Crippen LogP contribution in [0.25, 0.3) is 0 Å². The molecule has 1 aliphatic heterocycles. The van der Waals surface area contributed by atoms with Crippen molar-refractivity contribution in [3.63, 3.8) is 0 Å². The first-order valence-electron chi connectivity index (χ1n) is 8.05. The van der Waals surface area contributed by atoms with Gasteiger partial charge in [-0.05, 0) is 30.9 Å². The molecular weight excluding hydrogens is 288 g/mol. The van der Waals surface area contributed by atoms with Crippen LogP contribution in [0.1, 0.15) is 30.3 Å². The molecule has 1 fully saturated rings. The number of benzene rings is 1. The molecular formula is C18H22N4O. The Labute approximate surface area is 137 Å². The highest BCUT2D eigenvalue weighted by Gasteiger charge is 2.22. The molecule has 1 amide bonds. The fourth-order valence-corrected chi connectivity index (χ4v) is 2.76. The van der Waals surface area contributed by atoms with Crippen molar-refractivity contribution in [2.45, 2.75) is 19.8 Å². The zero-order chi connectivity index (χ0) is 16.2. The van der Waals surface area contributed by atoms with Crippen molar-refractivity contribution in [1.29, 1.82) is 0 Å². The van der Waals surface area contributed by atoms with E-state index < -0.39 is 0 Å². The Bertz CT molecular complexity index is 648. The summed E-state index contributed by atoms with van der Waals surface area (Å²) in [6.45, 7) is 3.86. The van der Waals surface area contributed by atoms with Gasteiger partial charge in [0, 0.05) is 25.8 Å². The number of carbonyl (C=O) groups is 1. The van der Waals surface area contributed by atoms with Gasteiger partial charge in [0.15, 0.2) is 5.82 Å². The fraction of sp³-hybridized carbons (Fsp3) is 0.389. The minimum Gasteiger partial charge on any atom is -0.337 e. The number of para-hydroxylation sites is 1. The molecule has 5 nitrogen and oxygen atoms in total. The summed E-state index contributed by atoms with van der Waals surface area (Å²) in [6, 6.07) is 9.96. The molecule has 1 aromatic carbocycles. The summed E-state index contributed by atoms with van der Waals surface area (Å²) in [4.78, 5) is 25.0. The number of piperidine rings is 1. The van der Waals surface area contributed by atoms with Crippen LogP contribution >= 0.6 is 0 Å². The van der Waals surface area contributed by atoms with Gasteiger partial charge in [0.2, 0.25) is 0 Å². The van der Waals surface area contributed by atoms with Crippen molar-refractivity contribution in [1.82, 2.24) is 14.9 Å². The smallest absolute Gasteiger partial charge is 0.274 e. The molecule has 1 saturated heterocycles. The molecule has 2 heterocycles. The van der Waals surface area contributed by atoms with Gasteiger partial charge in [-0.2, -0.15) is 0 Å². The van der Waals surface area contributed by atoms with Crippen LogP contribution in [0.2, 0.25) is 0 Å². The summed E-state index contributed by atoms with van der Waals surface area (Å²) in [5.74, 6) is 1.41. The number of hydrogen-bond donors (Lipinski definition) is 0. The van der Waals surface area contributed by atoms with Crippen LogP contribution in [0.5, 0.6) is 0 Å². The molecule has 0 N–H and O–H groups in total. The number of likely N-dealkylation sites (tertiary alicyclic amines) is 1. The first kappa shape index (κ1) is 15.5. The minimum absolute atomic E-state index is 0.0154. The molecule has 1 aromatic heterocycles. The van der Waals surface area contributed by atoms with Crippen molar-refractivity contribution < 1.29 is 4.79 Å². The summed E-state index contributed by atoms with van der Waals surface area (Å²) >= 11 is 0. The molecule has 5 heteroatoms. The molecule has 0 atom stereocenters. The Kier molecular flexibility index (Phi) is 4.55. The molecule has 120 valence electrons. The molecule has 0 bridgehead atoms. The predicted molar refractivity (Wildman–Crippen MR) is 90.8 cm³/mol. The second-order valence-corrected chi connectivity index (χ2v) is 6.13. The van der Waals surface area contributed by atoms with Crippen LogP contribution in [-0.2, 0) is 0 Å². The third-order valence-corrected chi connectivity index (χ3v) is 4.42. The average molecular weight is 310 g/mol. The molecule has 23 heavy (non-hydrogen) atoms. The number of anilines is 2. The Morgan fingerprint density at radius 3 is 2.43 bits per heavy atom. The first-order chi connectivity index (χ1) is 11.1.